The Hall–Kier alpha value is -2.15. The zero-order valence-electron chi connectivity index (χ0n) is 15.6. The van der Waals surface area contributed by atoms with Gasteiger partial charge < -0.3 is 4.90 Å². The number of aromatic nitrogens is 3. The Balaban J connectivity index is 1.68. The number of nitrogens with zero attached hydrogens (tertiary/aromatic N) is 3. The number of aromatic amines is 1. The first kappa shape index (κ1) is 20.6. The van der Waals surface area contributed by atoms with Crippen molar-refractivity contribution in [3.8, 4) is 11.4 Å². The molecule has 0 bridgehead atoms. The molecule has 8 heteroatoms. The molecule has 0 atom stereocenters. The number of hydrogen-bond acceptors (Lipinski definition) is 3. The van der Waals surface area contributed by atoms with E-state index >= 15 is 0 Å². The number of carbonyl (C=O) groups excluding carboxylic acids is 1. The average Bonchev–Trinajstić information content (AvgIpc) is 3.03. The summed E-state index contributed by atoms with van der Waals surface area (Å²) in [7, 11) is 1.76. The number of halogens is 2. The van der Waals surface area contributed by atoms with Crippen molar-refractivity contribution in [2.24, 2.45) is 0 Å². The van der Waals surface area contributed by atoms with Gasteiger partial charge in [0, 0.05) is 32.1 Å². The first-order chi connectivity index (χ1) is 13.3. The molecule has 0 aliphatic rings. The predicted molar refractivity (Wildman–Crippen MR) is 115 cm³/mol. The van der Waals surface area contributed by atoms with Gasteiger partial charge in [0.1, 0.15) is 0 Å². The van der Waals surface area contributed by atoms with E-state index < -0.39 is 0 Å². The lowest BCUT2D eigenvalue weighted by molar-refractivity contribution is -0.130. The van der Waals surface area contributed by atoms with Crippen LogP contribution in [-0.4, -0.2) is 32.6 Å². The number of nitrogens with one attached hydrogen (secondary N) is 1. The largest absolute Gasteiger partial charge is 0.341 e. The van der Waals surface area contributed by atoms with Crippen molar-refractivity contribution in [3.63, 3.8) is 0 Å². The number of amides is 1. The van der Waals surface area contributed by atoms with Gasteiger partial charge in [-0.2, -0.15) is 5.10 Å². The Labute approximate surface area is 178 Å². The minimum atomic E-state index is 0.00404. The number of carbonyl (C=O) groups is 1. The van der Waals surface area contributed by atoms with Crippen molar-refractivity contribution in [1.82, 2.24) is 19.7 Å². The van der Waals surface area contributed by atoms with Crippen molar-refractivity contribution in [3.05, 3.63) is 68.4 Å². The molecule has 2 aromatic carbocycles. The monoisotopic (exact) mass is 434 g/mol. The summed E-state index contributed by atoms with van der Waals surface area (Å²) >= 11 is 17.3. The van der Waals surface area contributed by atoms with Gasteiger partial charge in [0.15, 0.2) is 10.6 Å². The maximum atomic E-state index is 12.6. The highest BCUT2D eigenvalue weighted by molar-refractivity contribution is 7.71. The van der Waals surface area contributed by atoms with Gasteiger partial charge in [-0.05, 0) is 42.9 Å². The van der Waals surface area contributed by atoms with Gasteiger partial charge in [-0.3, -0.25) is 14.5 Å². The molecule has 3 aromatic rings. The molecule has 0 unspecified atom stereocenters. The van der Waals surface area contributed by atoms with Gasteiger partial charge in [-0.1, -0.05) is 53.0 Å². The van der Waals surface area contributed by atoms with E-state index in [1.54, 1.807) is 24.1 Å². The summed E-state index contributed by atoms with van der Waals surface area (Å²) in [6, 6.07) is 13.4. The Morgan fingerprint density at radius 2 is 2.00 bits per heavy atom. The number of aryl methyl sites for hydroxylation is 1. The summed E-state index contributed by atoms with van der Waals surface area (Å²) in [6.07, 6.45) is 0.310. The summed E-state index contributed by atoms with van der Waals surface area (Å²) in [6.45, 7) is 2.93. The van der Waals surface area contributed by atoms with Crippen molar-refractivity contribution in [2.75, 3.05) is 7.05 Å². The van der Waals surface area contributed by atoms with Crippen molar-refractivity contribution < 1.29 is 4.79 Å². The van der Waals surface area contributed by atoms with E-state index in [0.717, 1.165) is 22.5 Å². The molecule has 1 heterocycles. The maximum absolute atomic E-state index is 12.6. The number of H-pyrrole nitrogens is 1. The maximum Gasteiger partial charge on any atom is 0.224 e. The predicted octanol–water partition coefficient (Wildman–Crippen LogP) is 5.27. The molecule has 28 heavy (non-hydrogen) atoms. The van der Waals surface area contributed by atoms with Crippen LogP contribution in [-0.2, 0) is 17.9 Å². The van der Waals surface area contributed by atoms with Crippen LogP contribution >= 0.6 is 35.4 Å². The van der Waals surface area contributed by atoms with E-state index in [9.17, 15) is 4.79 Å². The molecular formula is C20H20Cl2N4OS. The minimum Gasteiger partial charge on any atom is -0.341 e. The quantitative estimate of drug-likeness (QED) is 0.537. The lowest BCUT2D eigenvalue weighted by Crippen LogP contribution is -2.27. The van der Waals surface area contributed by atoms with E-state index in [1.165, 1.54) is 0 Å². The van der Waals surface area contributed by atoms with E-state index in [0.29, 0.717) is 34.3 Å². The standard InChI is InChI=1S/C20H20Cl2N4OS/c1-13-4-3-5-15(10-13)19-23-24-20(28)26(19)9-8-18(27)25(2)12-14-6-7-16(21)17(22)11-14/h3-7,10-11H,8-9,12H2,1-2H3,(H,24,28). The lowest BCUT2D eigenvalue weighted by Gasteiger charge is -2.18. The van der Waals surface area contributed by atoms with Crippen LogP contribution in [0.25, 0.3) is 11.4 Å². The molecule has 0 saturated heterocycles. The third-order valence-corrected chi connectivity index (χ3v) is 5.46. The summed E-state index contributed by atoms with van der Waals surface area (Å²) < 4.78 is 2.35. The van der Waals surface area contributed by atoms with Gasteiger partial charge >= 0.3 is 0 Å². The molecular weight excluding hydrogens is 415 g/mol. The zero-order valence-corrected chi connectivity index (χ0v) is 17.9. The van der Waals surface area contributed by atoms with E-state index in [-0.39, 0.29) is 5.91 Å². The fourth-order valence-electron chi connectivity index (χ4n) is 2.93. The molecule has 0 radical (unpaired) electrons. The molecule has 146 valence electrons. The summed E-state index contributed by atoms with van der Waals surface area (Å²) in [5, 5.41) is 8.13. The third-order valence-electron chi connectivity index (χ3n) is 4.41. The highest BCUT2D eigenvalue weighted by Crippen LogP contribution is 2.23. The SMILES string of the molecule is Cc1cccc(-c2n[nH]c(=S)n2CCC(=O)N(C)Cc2ccc(Cl)c(Cl)c2)c1. The van der Waals surface area contributed by atoms with Crippen LogP contribution in [0.15, 0.2) is 42.5 Å². The van der Waals surface area contributed by atoms with Gasteiger partial charge in [-0.15, -0.1) is 0 Å². The lowest BCUT2D eigenvalue weighted by atomic mass is 10.1. The highest BCUT2D eigenvalue weighted by Gasteiger charge is 2.14. The Morgan fingerprint density at radius 3 is 2.71 bits per heavy atom. The minimum absolute atomic E-state index is 0.00404. The van der Waals surface area contributed by atoms with Crippen molar-refractivity contribution in [1.29, 1.82) is 0 Å². The molecule has 1 N–H and O–H groups in total. The second kappa shape index (κ2) is 8.90. The Morgan fingerprint density at radius 1 is 1.21 bits per heavy atom. The van der Waals surface area contributed by atoms with Crippen LogP contribution in [0.4, 0.5) is 0 Å². The Kier molecular flexibility index (Phi) is 6.54. The molecule has 0 spiro atoms. The second-order valence-corrected chi connectivity index (χ2v) is 7.82. The van der Waals surface area contributed by atoms with E-state index in [4.69, 9.17) is 35.4 Å². The molecule has 1 aromatic heterocycles. The Bertz CT molecular complexity index is 1060. The summed E-state index contributed by atoms with van der Waals surface area (Å²) in [4.78, 5) is 14.3. The van der Waals surface area contributed by atoms with Gasteiger partial charge in [-0.25, -0.2) is 0 Å². The van der Waals surface area contributed by atoms with Gasteiger partial charge in [0.2, 0.25) is 5.91 Å². The van der Waals surface area contributed by atoms with Crippen LogP contribution in [0.1, 0.15) is 17.5 Å². The highest BCUT2D eigenvalue weighted by atomic mass is 35.5. The van der Waals surface area contributed by atoms with Gasteiger partial charge in [0.05, 0.1) is 10.0 Å². The number of benzene rings is 2. The number of hydrogen-bond donors (Lipinski definition) is 1. The third kappa shape index (κ3) is 4.82. The molecule has 3 rings (SSSR count). The van der Waals surface area contributed by atoms with Gasteiger partial charge in [0.25, 0.3) is 0 Å². The zero-order chi connectivity index (χ0) is 20.3. The van der Waals surface area contributed by atoms with Crippen LogP contribution in [0.2, 0.25) is 10.0 Å². The molecule has 0 saturated carbocycles. The molecule has 0 fully saturated rings. The van der Waals surface area contributed by atoms with Crippen LogP contribution in [0, 0.1) is 11.7 Å². The first-order valence-corrected chi connectivity index (χ1v) is 9.91. The van der Waals surface area contributed by atoms with Crippen molar-refractivity contribution >= 4 is 41.3 Å². The molecule has 0 aliphatic heterocycles. The topological polar surface area (TPSA) is 53.9 Å². The normalized spacial score (nSPS) is 10.9. The van der Waals surface area contributed by atoms with Crippen LogP contribution in [0.5, 0.6) is 0 Å². The molecule has 5 nitrogen and oxygen atoms in total. The summed E-state index contributed by atoms with van der Waals surface area (Å²) in [5.74, 6) is 0.734. The second-order valence-electron chi connectivity index (χ2n) is 6.62. The molecule has 1 amide bonds. The van der Waals surface area contributed by atoms with E-state index in [1.807, 2.05) is 41.8 Å². The molecule has 0 aliphatic carbocycles. The van der Waals surface area contributed by atoms with Crippen LogP contribution in [0.3, 0.4) is 0 Å². The number of rotatable bonds is 6. The summed E-state index contributed by atoms with van der Waals surface area (Å²) in [5.41, 5.74) is 3.02. The fourth-order valence-corrected chi connectivity index (χ4v) is 3.47. The fraction of sp³-hybridized carbons (Fsp3) is 0.250. The first-order valence-electron chi connectivity index (χ1n) is 8.75. The van der Waals surface area contributed by atoms with E-state index in [2.05, 4.69) is 10.2 Å². The smallest absolute Gasteiger partial charge is 0.224 e. The van der Waals surface area contributed by atoms with Crippen LogP contribution < -0.4 is 0 Å². The van der Waals surface area contributed by atoms with Crippen molar-refractivity contribution in [2.45, 2.75) is 26.4 Å². The average molecular weight is 435 g/mol.